The molecule has 0 aromatic heterocycles. The molecule has 190 valence electrons. The molecular weight excluding hydrogens is 420 g/mol. The number of carbonyl (C=O) groups is 1. The third-order valence-electron chi connectivity index (χ3n) is 13.1. The first-order chi connectivity index (χ1) is 15.8. The molecule has 3 heteroatoms. The van der Waals surface area contributed by atoms with Crippen molar-refractivity contribution in [2.75, 3.05) is 13.7 Å². The summed E-state index contributed by atoms with van der Waals surface area (Å²) in [4.78, 5) is 13.3. The van der Waals surface area contributed by atoms with E-state index in [9.17, 15) is 9.90 Å². The van der Waals surface area contributed by atoms with Gasteiger partial charge >= 0.3 is 0 Å². The van der Waals surface area contributed by atoms with Crippen LogP contribution in [0.25, 0.3) is 0 Å². The lowest BCUT2D eigenvalue weighted by Crippen LogP contribution is -2.66. The summed E-state index contributed by atoms with van der Waals surface area (Å²) in [6, 6.07) is 0. The standard InChI is InChI=1S/C31H48O3/c1-19(2)20-11-14-31(18-32)16-15-29(6)21(25(20)31)9-10-24-28(5)17-22(34-8)26(33)27(3,4)23(28)12-13-30(24,29)7/h17,20-21,23-25,32H,1,9-16,18H2,2-8H3. The summed E-state index contributed by atoms with van der Waals surface area (Å²) in [6.45, 7) is 19.0. The van der Waals surface area contributed by atoms with Crippen LogP contribution in [0.3, 0.4) is 0 Å². The summed E-state index contributed by atoms with van der Waals surface area (Å²) < 4.78 is 5.70. The highest BCUT2D eigenvalue weighted by molar-refractivity contribution is 5.99. The van der Waals surface area contributed by atoms with Crippen LogP contribution in [-0.2, 0) is 9.53 Å². The molecule has 0 aliphatic heterocycles. The van der Waals surface area contributed by atoms with E-state index in [1.54, 1.807) is 7.11 Å². The number of Topliss-reactive ketones (excluding diaryl/α,β-unsaturated/α-hetero) is 1. The Kier molecular flexibility index (Phi) is 5.40. The third-order valence-corrected chi connectivity index (χ3v) is 13.1. The molecule has 0 spiro atoms. The van der Waals surface area contributed by atoms with Gasteiger partial charge in [-0.2, -0.15) is 0 Å². The quantitative estimate of drug-likeness (QED) is 0.456. The van der Waals surface area contributed by atoms with Crippen molar-refractivity contribution >= 4 is 5.78 Å². The molecule has 5 rings (SSSR count). The average Bonchev–Trinajstić information content (AvgIpc) is 3.17. The van der Waals surface area contributed by atoms with Gasteiger partial charge < -0.3 is 9.84 Å². The monoisotopic (exact) mass is 468 g/mol. The molecule has 5 aliphatic rings. The molecule has 0 saturated heterocycles. The van der Waals surface area contributed by atoms with E-state index in [0.717, 1.165) is 19.3 Å². The number of aliphatic hydroxyl groups excluding tert-OH is 1. The van der Waals surface area contributed by atoms with Crippen LogP contribution >= 0.6 is 0 Å². The highest BCUT2D eigenvalue weighted by Gasteiger charge is 2.70. The lowest BCUT2D eigenvalue weighted by Gasteiger charge is -2.71. The first-order valence-electron chi connectivity index (χ1n) is 13.9. The second-order valence-electron chi connectivity index (χ2n) is 14.3. The van der Waals surface area contributed by atoms with Crippen LogP contribution in [0.15, 0.2) is 24.0 Å². The molecule has 0 bridgehead atoms. The fourth-order valence-electron chi connectivity index (χ4n) is 11.2. The van der Waals surface area contributed by atoms with Gasteiger partial charge in [0.1, 0.15) is 0 Å². The fourth-order valence-corrected chi connectivity index (χ4v) is 11.2. The number of methoxy groups -OCH3 is 1. The third kappa shape index (κ3) is 2.77. The molecule has 9 unspecified atom stereocenters. The van der Waals surface area contributed by atoms with Crippen molar-refractivity contribution in [1.29, 1.82) is 0 Å². The van der Waals surface area contributed by atoms with Crippen molar-refractivity contribution in [3.8, 4) is 0 Å². The Balaban J connectivity index is 1.60. The molecule has 0 aromatic rings. The zero-order valence-corrected chi connectivity index (χ0v) is 22.8. The zero-order chi connectivity index (χ0) is 24.9. The SMILES string of the molecule is C=C(C)C1CCC2(CO)CCC3(C)C(CCC4C5(C)C=C(OC)C(=O)C(C)(C)C5CCC43C)C12. The van der Waals surface area contributed by atoms with E-state index in [1.807, 2.05) is 0 Å². The molecule has 4 fully saturated rings. The second kappa shape index (κ2) is 7.46. The topological polar surface area (TPSA) is 46.5 Å². The maximum Gasteiger partial charge on any atom is 0.202 e. The molecule has 3 nitrogen and oxygen atoms in total. The Morgan fingerprint density at radius 3 is 2.32 bits per heavy atom. The van der Waals surface area contributed by atoms with Crippen molar-refractivity contribution in [3.63, 3.8) is 0 Å². The van der Waals surface area contributed by atoms with Crippen molar-refractivity contribution in [2.24, 2.45) is 56.7 Å². The van der Waals surface area contributed by atoms with Gasteiger partial charge in [0.05, 0.1) is 7.11 Å². The summed E-state index contributed by atoms with van der Waals surface area (Å²) in [5.41, 5.74) is 1.48. The Hall–Kier alpha value is -1.09. The number of ketones is 1. The molecule has 0 aromatic carbocycles. The number of allylic oxidation sites excluding steroid dienone is 3. The van der Waals surface area contributed by atoms with Gasteiger partial charge in [0, 0.05) is 12.0 Å². The second-order valence-corrected chi connectivity index (χ2v) is 14.3. The normalized spacial score (nSPS) is 51.5. The van der Waals surface area contributed by atoms with Gasteiger partial charge in [-0.25, -0.2) is 0 Å². The van der Waals surface area contributed by atoms with Crippen LogP contribution < -0.4 is 0 Å². The smallest absolute Gasteiger partial charge is 0.202 e. The summed E-state index contributed by atoms with van der Waals surface area (Å²) in [5, 5.41) is 10.7. The number of hydrogen-bond donors (Lipinski definition) is 1. The Morgan fingerprint density at radius 2 is 1.71 bits per heavy atom. The molecule has 9 atom stereocenters. The maximum atomic E-state index is 13.3. The van der Waals surface area contributed by atoms with E-state index in [1.165, 1.54) is 37.7 Å². The Morgan fingerprint density at radius 1 is 1.00 bits per heavy atom. The predicted molar refractivity (Wildman–Crippen MR) is 137 cm³/mol. The Labute approximate surface area is 207 Å². The molecule has 4 saturated carbocycles. The average molecular weight is 469 g/mol. The van der Waals surface area contributed by atoms with E-state index < -0.39 is 0 Å². The predicted octanol–water partition coefficient (Wildman–Crippen LogP) is 6.96. The summed E-state index contributed by atoms with van der Waals surface area (Å²) in [5.74, 6) is 3.43. The number of carbonyl (C=O) groups excluding carboxylic acids is 1. The van der Waals surface area contributed by atoms with Crippen molar-refractivity contribution in [2.45, 2.75) is 92.9 Å². The van der Waals surface area contributed by atoms with Crippen molar-refractivity contribution < 1.29 is 14.6 Å². The van der Waals surface area contributed by atoms with E-state index in [0.29, 0.717) is 42.0 Å². The van der Waals surface area contributed by atoms with Crippen molar-refractivity contribution in [1.82, 2.24) is 0 Å². The van der Waals surface area contributed by atoms with Gasteiger partial charge in [0.2, 0.25) is 5.78 Å². The summed E-state index contributed by atoms with van der Waals surface area (Å²) >= 11 is 0. The molecular formula is C31H48O3. The summed E-state index contributed by atoms with van der Waals surface area (Å²) in [6.07, 6.45) is 11.7. The molecule has 0 radical (unpaired) electrons. The molecule has 1 N–H and O–H groups in total. The van der Waals surface area contributed by atoms with Crippen LogP contribution in [0.5, 0.6) is 0 Å². The van der Waals surface area contributed by atoms with Crippen LogP contribution in [0.1, 0.15) is 92.9 Å². The highest BCUT2D eigenvalue weighted by Crippen LogP contribution is 2.76. The van der Waals surface area contributed by atoms with Gasteiger partial charge in [0.25, 0.3) is 0 Å². The lowest BCUT2D eigenvalue weighted by atomic mass is 9.33. The molecule has 0 heterocycles. The van der Waals surface area contributed by atoms with E-state index in [2.05, 4.69) is 54.2 Å². The van der Waals surface area contributed by atoms with E-state index in [-0.39, 0.29) is 32.9 Å². The number of aliphatic hydroxyl groups is 1. The van der Waals surface area contributed by atoms with Crippen LogP contribution in [-0.4, -0.2) is 24.6 Å². The fraction of sp³-hybridized carbons (Fsp3) is 0.839. The number of fused-ring (bicyclic) bond motifs is 7. The zero-order valence-electron chi connectivity index (χ0n) is 22.8. The number of rotatable bonds is 3. The molecule has 34 heavy (non-hydrogen) atoms. The van der Waals surface area contributed by atoms with Gasteiger partial charge in [-0.1, -0.05) is 46.8 Å². The molecule has 0 amide bonds. The lowest BCUT2D eigenvalue weighted by molar-refractivity contribution is -0.222. The number of hydrogen-bond acceptors (Lipinski definition) is 3. The number of ether oxygens (including phenoxy) is 1. The van der Waals surface area contributed by atoms with Gasteiger partial charge in [0.15, 0.2) is 5.76 Å². The first-order valence-corrected chi connectivity index (χ1v) is 13.9. The minimum Gasteiger partial charge on any atom is -0.493 e. The maximum absolute atomic E-state index is 13.3. The van der Waals surface area contributed by atoms with Gasteiger partial charge in [-0.3, -0.25) is 4.79 Å². The van der Waals surface area contributed by atoms with Crippen molar-refractivity contribution in [3.05, 3.63) is 24.0 Å². The van der Waals surface area contributed by atoms with Gasteiger partial charge in [-0.05, 0) is 116 Å². The van der Waals surface area contributed by atoms with Crippen LogP contribution in [0, 0.1) is 56.7 Å². The highest BCUT2D eigenvalue weighted by atomic mass is 16.5. The summed E-state index contributed by atoms with van der Waals surface area (Å²) in [7, 11) is 1.66. The van der Waals surface area contributed by atoms with E-state index >= 15 is 0 Å². The minimum absolute atomic E-state index is 0.0291. The largest absolute Gasteiger partial charge is 0.493 e. The Bertz CT molecular complexity index is 931. The van der Waals surface area contributed by atoms with E-state index in [4.69, 9.17) is 4.74 Å². The molecule has 5 aliphatic carbocycles. The van der Waals surface area contributed by atoms with Crippen LogP contribution in [0.4, 0.5) is 0 Å². The van der Waals surface area contributed by atoms with Gasteiger partial charge in [-0.15, -0.1) is 0 Å². The first kappa shape index (κ1) is 24.6. The minimum atomic E-state index is -0.386. The van der Waals surface area contributed by atoms with Crippen LogP contribution in [0.2, 0.25) is 0 Å².